The Labute approximate surface area is 143 Å². The number of aromatic nitrogens is 4. The zero-order valence-electron chi connectivity index (χ0n) is 13.4. The molecule has 1 amide bonds. The predicted molar refractivity (Wildman–Crippen MR) is 88.3 cm³/mol. The molecule has 0 spiro atoms. The highest BCUT2D eigenvalue weighted by Gasteiger charge is 2.42. The lowest BCUT2D eigenvalue weighted by Gasteiger charge is -2.33. The number of nitrogens with zero attached hydrogens (tertiary/aromatic N) is 5. The van der Waals surface area contributed by atoms with Gasteiger partial charge in [-0.15, -0.1) is 0 Å². The Bertz CT molecular complexity index is 1020. The SMILES string of the molecule is O=C1CCC2c3c(-c4noc(C5CC5)n4)ncn3-c3ccccc3N12. The van der Waals surface area contributed by atoms with Crippen molar-refractivity contribution >= 4 is 11.6 Å². The number of benzene rings is 1. The summed E-state index contributed by atoms with van der Waals surface area (Å²) in [6.45, 7) is 0. The van der Waals surface area contributed by atoms with E-state index in [9.17, 15) is 4.79 Å². The van der Waals surface area contributed by atoms with Gasteiger partial charge in [0.2, 0.25) is 17.6 Å². The highest BCUT2D eigenvalue weighted by Crippen LogP contribution is 2.47. The number of amides is 1. The number of hydrogen-bond acceptors (Lipinski definition) is 5. The first-order chi connectivity index (χ1) is 12.3. The Morgan fingerprint density at radius 3 is 2.80 bits per heavy atom. The van der Waals surface area contributed by atoms with Crippen LogP contribution in [-0.4, -0.2) is 25.6 Å². The van der Waals surface area contributed by atoms with E-state index in [1.807, 2.05) is 29.2 Å². The van der Waals surface area contributed by atoms with E-state index < -0.39 is 0 Å². The van der Waals surface area contributed by atoms with Gasteiger partial charge in [-0.05, 0) is 31.4 Å². The number of para-hydroxylation sites is 2. The number of rotatable bonds is 2. The standard InChI is InChI=1S/C18H15N5O2/c24-14-8-7-13-16-15(17-20-18(25-21-17)10-5-6-10)19-9-22(16)11-3-1-2-4-12(11)23(13)14/h1-4,9-10,13H,5-8H2. The van der Waals surface area contributed by atoms with Gasteiger partial charge in [0.15, 0.2) is 0 Å². The normalized spacial score (nSPS) is 21.2. The van der Waals surface area contributed by atoms with Gasteiger partial charge in [0.25, 0.3) is 0 Å². The third-order valence-corrected chi connectivity index (χ3v) is 5.31. The van der Waals surface area contributed by atoms with E-state index in [-0.39, 0.29) is 11.9 Å². The quantitative estimate of drug-likeness (QED) is 0.720. The molecule has 25 heavy (non-hydrogen) atoms. The van der Waals surface area contributed by atoms with Gasteiger partial charge in [-0.3, -0.25) is 9.36 Å². The van der Waals surface area contributed by atoms with Gasteiger partial charge in [-0.2, -0.15) is 4.98 Å². The average Bonchev–Trinajstić information content (AvgIpc) is 3.06. The van der Waals surface area contributed by atoms with Crippen molar-refractivity contribution in [3.63, 3.8) is 0 Å². The van der Waals surface area contributed by atoms with Crippen molar-refractivity contribution < 1.29 is 9.32 Å². The predicted octanol–water partition coefficient (Wildman–Crippen LogP) is 2.98. The van der Waals surface area contributed by atoms with Crippen LogP contribution in [0.1, 0.15) is 49.2 Å². The van der Waals surface area contributed by atoms with Crippen molar-refractivity contribution in [2.24, 2.45) is 0 Å². The molecule has 3 aromatic rings. The first kappa shape index (κ1) is 13.3. The van der Waals surface area contributed by atoms with Crippen LogP contribution in [0.2, 0.25) is 0 Å². The number of imidazole rings is 1. The molecule has 1 atom stereocenters. The van der Waals surface area contributed by atoms with E-state index in [0.717, 1.165) is 42.0 Å². The third kappa shape index (κ3) is 1.75. The monoisotopic (exact) mass is 333 g/mol. The van der Waals surface area contributed by atoms with Gasteiger partial charge in [-0.1, -0.05) is 17.3 Å². The third-order valence-electron chi connectivity index (χ3n) is 5.31. The van der Waals surface area contributed by atoms with Crippen molar-refractivity contribution in [3.05, 3.63) is 42.2 Å². The lowest BCUT2D eigenvalue weighted by Crippen LogP contribution is -2.33. The van der Waals surface area contributed by atoms with Crippen molar-refractivity contribution in [2.75, 3.05) is 4.90 Å². The summed E-state index contributed by atoms with van der Waals surface area (Å²) in [6, 6.07) is 7.92. The van der Waals surface area contributed by atoms with Crippen molar-refractivity contribution in [1.82, 2.24) is 19.7 Å². The lowest BCUT2D eigenvalue weighted by molar-refractivity contribution is -0.117. The molecule has 0 N–H and O–H groups in total. The van der Waals surface area contributed by atoms with Crippen LogP contribution in [0.4, 0.5) is 5.69 Å². The number of fused-ring (bicyclic) bond motifs is 6. The molecule has 1 unspecified atom stereocenters. The van der Waals surface area contributed by atoms with Crippen LogP contribution in [0.25, 0.3) is 17.2 Å². The summed E-state index contributed by atoms with van der Waals surface area (Å²) in [4.78, 5) is 23.5. The Balaban J connectivity index is 1.56. The van der Waals surface area contributed by atoms with E-state index in [2.05, 4.69) is 19.7 Å². The van der Waals surface area contributed by atoms with Crippen LogP contribution < -0.4 is 4.90 Å². The summed E-state index contributed by atoms with van der Waals surface area (Å²) < 4.78 is 7.48. The molecule has 2 aromatic heterocycles. The second kappa shape index (κ2) is 4.56. The summed E-state index contributed by atoms with van der Waals surface area (Å²) in [5, 5.41) is 4.15. The van der Waals surface area contributed by atoms with Gasteiger partial charge in [0.05, 0.1) is 23.1 Å². The van der Waals surface area contributed by atoms with Crippen LogP contribution >= 0.6 is 0 Å². The molecule has 7 heteroatoms. The summed E-state index contributed by atoms with van der Waals surface area (Å²) in [6.07, 6.45) is 5.35. The number of carbonyl (C=O) groups is 1. The Morgan fingerprint density at radius 2 is 1.96 bits per heavy atom. The topological polar surface area (TPSA) is 77.0 Å². The second-order valence-corrected chi connectivity index (χ2v) is 6.89. The highest BCUT2D eigenvalue weighted by atomic mass is 16.5. The van der Waals surface area contributed by atoms with Crippen molar-refractivity contribution in [2.45, 2.75) is 37.6 Å². The molecule has 2 aliphatic heterocycles. The van der Waals surface area contributed by atoms with Crippen LogP contribution in [0.3, 0.4) is 0 Å². The molecule has 2 fully saturated rings. The van der Waals surface area contributed by atoms with Crippen LogP contribution in [0, 0.1) is 0 Å². The van der Waals surface area contributed by atoms with E-state index in [1.54, 1.807) is 6.33 Å². The van der Waals surface area contributed by atoms with Gasteiger partial charge in [0, 0.05) is 12.3 Å². The van der Waals surface area contributed by atoms with Crippen LogP contribution in [-0.2, 0) is 4.79 Å². The fraction of sp³-hybridized carbons (Fsp3) is 0.333. The molecule has 1 aromatic carbocycles. The first-order valence-corrected chi connectivity index (χ1v) is 8.64. The van der Waals surface area contributed by atoms with Gasteiger partial charge < -0.3 is 9.42 Å². The first-order valence-electron chi connectivity index (χ1n) is 8.64. The minimum absolute atomic E-state index is 0.0252. The lowest BCUT2D eigenvalue weighted by atomic mass is 10.0. The largest absolute Gasteiger partial charge is 0.339 e. The molecule has 1 aliphatic carbocycles. The summed E-state index contributed by atoms with van der Waals surface area (Å²) in [5.74, 6) is 1.79. The zero-order chi connectivity index (χ0) is 16.5. The smallest absolute Gasteiger partial charge is 0.230 e. The molecule has 4 heterocycles. The summed E-state index contributed by atoms with van der Waals surface area (Å²) in [5.41, 5.74) is 3.61. The maximum Gasteiger partial charge on any atom is 0.230 e. The molecule has 1 saturated carbocycles. The Kier molecular flexibility index (Phi) is 2.43. The van der Waals surface area contributed by atoms with E-state index >= 15 is 0 Å². The summed E-state index contributed by atoms with van der Waals surface area (Å²) >= 11 is 0. The van der Waals surface area contributed by atoms with Gasteiger partial charge in [0.1, 0.15) is 12.0 Å². The molecular weight excluding hydrogens is 318 g/mol. The van der Waals surface area contributed by atoms with E-state index in [4.69, 9.17) is 4.52 Å². The van der Waals surface area contributed by atoms with E-state index in [1.165, 1.54) is 0 Å². The average molecular weight is 333 g/mol. The molecule has 0 bridgehead atoms. The molecule has 0 radical (unpaired) electrons. The molecule has 1 saturated heterocycles. The maximum absolute atomic E-state index is 12.5. The number of carbonyl (C=O) groups excluding carboxylic acids is 1. The second-order valence-electron chi connectivity index (χ2n) is 6.89. The van der Waals surface area contributed by atoms with Crippen LogP contribution in [0.15, 0.2) is 35.1 Å². The van der Waals surface area contributed by atoms with Crippen molar-refractivity contribution in [1.29, 1.82) is 0 Å². The summed E-state index contributed by atoms with van der Waals surface area (Å²) in [7, 11) is 0. The van der Waals surface area contributed by atoms with Gasteiger partial charge in [-0.25, -0.2) is 4.98 Å². The number of hydrogen-bond donors (Lipinski definition) is 0. The van der Waals surface area contributed by atoms with Crippen LogP contribution in [0.5, 0.6) is 0 Å². The van der Waals surface area contributed by atoms with Gasteiger partial charge >= 0.3 is 0 Å². The Hall–Kier alpha value is -2.96. The maximum atomic E-state index is 12.5. The minimum atomic E-state index is -0.0252. The Morgan fingerprint density at radius 1 is 1.12 bits per heavy atom. The molecular formula is C18H15N5O2. The fourth-order valence-corrected chi connectivity index (χ4v) is 3.98. The highest BCUT2D eigenvalue weighted by molar-refractivity contribution is 5.99. The minimum Gasteiger partial charge on any atom is -0.339 e. The van der Waals surface area contributed by atoms with Crippen molar-refractivity contribution in [3.8, 4) is 17.2 Å². The zero-order valence-corrected chi connectivity index (χ0v) is 13.4. The molecule has 7 nitrogen and oxygen atoms in total. The van der Waals surface area contributed by atoms with E-state index in [0.29, 0.717) is 24.1 Å². The fourth-order valence-electron chi connectivity index (χ4n) is 3.98. The molecule has 3 aliphatic rings. The number of anilines is 1. The molecule has 6 rings (SSSR count). The molecule has 124 valence electrons.